The monoisotopic (exact) mass is 770 g/mol. The molecule has 12 rings (SSSR count). The minimum atomic E-state index is 0.865. The molecule has 284 valence electrons. The summed E-state index contributed by atoms with van der Waals surface area (Å²) in [6.45, 7) is 4.33. The Kier molecular flexibility index (Phi) is 7.63. The first-order chi connectivity index (χ1) is 29.5. The van der Waals surface area contributed by atoms with Crippen molar-refractivity contribution in [2.75, 3.05) is 9.80 Å². The van der Waals surface area contributed by atoms with Crippen molar-refractivity contribution >= 4 is 110 Å². The van der Waals surface area contributed by atoms with E-state index >= 15 is 0 Å². The van der Waals surface area contributed by atoms with E-state index in [0.29, 0.717) is 0 Å². The standard InChI is InChI=1S/C56H38N2O2/c1-35-13-9-11-19-51(35)57(43-15-5-3-6-16-43)45-23-21-37-27-47-49-29-41-30-50-48-28-38-22-24-46(58(44-17-7-4-8-18-44)52-20-12-10-14-36(52)2)26-40(38)32-54(48)60-56(50)34-42(41)33-55(49)59-53(47)31-39(37)25-45/h3-34H,1-2H3. The van der Waals surface area contributed by atoms with Crippen molar-refractivity contribution in [2.45, 2.75) is 13.8 Å². The third-order valence-electron chi connectivity index (χ3n) is 12.2. The van der Waals surface area contributed by atoms with Crippen molar-refractivity contribution in [1.29, 1.82) is 0 Å². The van der Waals surface area contributed by atoms with Crippen molar-refractivity contribution in [3.05, 3.63) is 205 Å². The Bertz CT molecular complexity index is 3400. The summed E-state index contributed by atoms with van der Waals surface area (Å²) >= 11 is 0. The van der Waals surface area contributed by atoms with Crippen molar-refractivity contribution in [3.63, 3.8) is 0 Å². The molecule has 0 saturated carbocycles. The Morgan fingerprint density at radius 3 is 1.02 bits per heavy atom. The van der Waals surface area contributed by atoms with Gasteiger partial charge in [0.05, 0.1) is 0 Å². The Morgan fingerprint density at radius 1 is 0.283 bits per heavy atom. The first-order valence-corrected chi connectivity index (χ1v) is 20.5. The van der Waals surface area contributed by atoms with Gasteiger partial charge in [-0.25, -0.2) is 0 Å². The normalized spacial score (nSPS) is 11.8. The molecule has 0 bridgehead atoms. The zero-order chi connectivity index (χ0) is 39.9. The van der Waals surface area contributed by atoms with Gasteiger partial charge in [0.25, 0.3) is 0 Å². The molecule has 0 aliphatic carbocycles. The van der Waals surface area contributed by atoms with Crippen LogP contribution in [0, 0.1) is 13.8 Å². The van der Waals surface area contributed by atoms with Crippen LogP contribution in [0.2, 0.25) is 0 Å². The Balaban J connectivity index is 0.953. The second-order valence-electron chi connectivity index (χ2n) is 15.9. The van der Waals surface area contributed by atoms with Crippen LogP contribution in [0.5, 0.6) is 0 Å². The number of rotatable bonds is 6. The lowest BCUT2D eigenvalue weighted by molar-refractivity contribution is 0.669. The molecule has 60 heavy (non-hydrogen) atoms. The average molecular weight is 771 g/mol. The number of benzene rings is 10. The molecule has 10 aromatic carbocycles. The molecule has 0 spiro atoms. The number of hydrogen-bond donors (Lipinski definition) is 0. The van der Waals surface area contributed by atoms with Crippen molar-refractivity contribution < 1.29 is 8.83 Å². The van der Waals surface area contributed by atoms with Crippen LogP contribution in [0.15, 0.2) is 203 Å². The lowest BCUT2D eigenvalue weighted by atomic mass is 10.0. The molecule has 0 N–H and O–H groups in total. The summed E-state index contributed by atoms with van der Waals surface area (Å²) in [4.78, 5) is 4.66. The van der Waals surface area contributed by atoms with Gasteiger partial charge in [-0.3, -0.25) is 0 Å². The summed E-state index contributed by atoms with van der Waals surface area (Å²) in [5.41, 5.74) is 12.7. The Hall–Kier alpha value is -7.82. The molecule has 0 atom stereocenters. The maximum absolute atomic E-state index is 6.63. The molecule has 2 heterocycles. The smallest absolute Gasteiger partial charge is 0.136 e. The molecule has 12 aromatic rings. The molecular weight excluding hydrogens is 733 g/mol. The zero-order valence-corrected chi connectivity index (χ0v) is 33.2. The molecule has 4 heteroatoms. The van der Waals surface area contributed by atoms with Gasteiger partial charge in [-0.1, -0.05) is 84.9 Å². The van der Waals surface area contributed by atoms with Crippen LogP contribution in [0.4, 0.5) is 34.1 Å². The first kappa shape index (κ1) is 34.2. The van der Waals surface area contributed by atoms with Crippen LogP contribution in [0.25, 0.3) is 76.2 Å². The van der Waals surface area contributed by atoms with Crippen molar-refractivity contribution in [3.8, 4) is 0 Å². The molecule has 0 fully saturated rings. The number of para-hydroxylation sites is 4. The van der Waals surface area contributed by atoms with Gasteiger partial charge >= 0.3 is 0 Å². The SMILES string of the molecule is Cc1ccccc1N(c1ccccc1)c1ccc2cc3c(cc2c1)oc1cc2cc4oc5cc6cc(N(c7ccccc7)c7ccccc7C)ccc6cc5c4cc2cc13. The fourth-order valence-corrected chi connectivity index (χ4v) is 9.17. The number of anilines is 6. The summed E-state index contributed by atoms with van der Waals surface area (Å²) in [5, 5.41) is 11.3. The minimum Gasteiger partial charge on any atom is -0.456 e. The molecular formula is C56H38N2O2. The maximum Gasteiger partial charge on any atom is 0.136 e. The van der Waals surface area contributed by atoms with Gasteiger partial charge in [0.1, 0.15) is 22.3 Å². The van der Waals surface area contributed by atoms with Gasteiger partial charge in [-0.05, 0) is 166 Å². The highest BCUT2D eigenvalue weighted by atomic mass is 16.3. The Morgan fingerprint density at radius 2 is 0.617 bits per heavy atom. The lowest BCUT2D eigenvalue weighted by Gasteiger charge is -2.27. The fourth-order valence-electron chi connectivity index (χ4n) is 9.17. The third-order valence-corrected chi connectivity index (χ3v) is 12.2. The predicted molar refractivity (Wildman–Crippen MR) is 252 cm³/mol. The van der Waals surface area contributed by atoms with Crippen molar-refractivity contribution in [2.24, 2.45) is 0 Å². The number of fused-ring (bicyclic) bond motifs is 9. The highest BCUT2D eigenvalue weighted by molar-refractivity contribution is 6.18. The largest absolute Gasteiger partial charge is 0.456 e. The van der Waals surface area contributed by atoms with E-state index in [1.54, 1.807) is 0 Å². The molecule has 0 unspecified atom stereocenters. The van der Waals surface area contributed by atoms with E-state index in [4.69, 9.17) is 8.83 Å². The topological polar surface area (TPSA) is 32.8 Å². The van der Waals surface area contributed by atoms with Gasteiger partial charge in [0, 0.05) is 55.7 Å². The Labute approximate surface area is 346 Å². The van der Waals surface area contributed by atoms with Crippen LogP contribution >= 0.6 is 0 Å². The molecule has 4 nitrogen and oxygen atoms in total. The average Bonchev–Trinajstić information content (AvgIpc) is 3.80. The third kappa shape index (κ3) is 5.53. The number of nitrogens with zero attached hydrogens (tertiary/aromatic N) is 2. The van der Waals surface area contributed by atoms with Crippen LogP contribution in [-0.4, -0.2) is 0 Å². The maximum atomic E-state index is 6.63. The molecule has 0 radical (unpaired) electrons. The van der Waals surface area contributed by atoms with Crippen LogP contribution in [-0.2, 0) is 0 Å². The summed E-state index contributed by atoms with van der Waals surface area (Å²) in [6.07, 6.45) is 0. The predicted octanol–water partition coefficient (Wildman–Crippen LogP) is 16.5. The first-order valence-electron chi connectivity index (χ1n) is 20.5. The van der Waals surface area contributed by atoms with E-state index in [-0.39, 0.29) is 0 Å². The summed E-state index contributed by atoms with van der Waals surface area (Å²) in [6, 6.07) is 69.5. The van der Waals surface area contributed by atoms with Crippen LogP contribution in [0.1, 0.15) is 11.1 Å². The number of aryl methyl sites for hydroxylation is 2. The van der Waals surface area contributed by atoms with E-state index in [9.17, 15) is 0 Å². The van der Waals surface area contributed by atoms with Gasteiger partial charge in [-0.2, -0.15) is 0 Å². The number of furan rings is 2. The molecule has 0 amide bonds. The number of hydrogen-bond acceptors (Lipinski definition) is 4. The molecule has 2 aromatic heterocycles. The van der Waals surface area contributed by atoms with Crippen LogP contribution in [0.3, 0.4) is 0 Å². The van der Waals surface area contributed by atoms with E-state index in [1.807, 2.05) is 0 Å². The highest BCUT2D eigenvalue weighted by Crippen LogP contribution is 2.43. The van der Waals surface area contributed by atoms with Gasteiger partial charge in [0.2, 0.25) is 0 Å². The second kappa shape index (κ2) is 13.4. The minimum absolute atomic E-state index is 0.865. The molecule has 0 aliphatic heterocycles. The summed E-state index contributed by atoms with van der Waals surface area (Å²) in [7, 11) is 0. The molecule has 0 aliphatic rings. The zero-order valence-electron chi connectivity index (χ0n) is 33.2. The summed E-state index contributed by atoms with van der Waals surface area (Å²) in [5.74, 6) is 0. The molecule has 0 saturated heterocycles. The summed E-state index contributed by atoms with van der Waals surface area (Å²) < 4.78 is 13.3. The van der Waals surface area contributed by atoms with E-state index in [1.165, 1.54) is 21.9 Å². The quantitative estimate of drug-likeness (QED) is 0.169. The van der Waals surface area contributed by atoms with E-state index < -0.39 is 0 Å². The second-order valence-corrected chi connectivity index (χ2v) is 15.9. The highest BCUT2D eigenvalue weighted by Gasteiger charge is 2.19. The van der Waals surface area contributed by atoms with Gasteiger partial charge in [0.15, 0.2) is 0 Å². The van der Waals surface area contributed by atoms with Crippen molar-refractivity contribution in [1.82, 2.24) is 0 Å². The van der Waals surface area contributed by atoms with Gasteiger partial charge < -0.3 is 18.6 Å². The van der Waals surface area contributed by atoms with E-state index in [0.717, 1.165) is 99.5 Å². The van der Waals surface area contributed by atoms with Crippen LogP contribution < -0.4 is 9.80 Å². The van der Waals surface area contributed by atoms with E-state index in [2.05, 4.69) is 218 Å². The fraction of sp³-hybridized carbons (Fsp3) is 0.0357. The lowest BCUT2D eigenvalue weighted by Crippen LogP contribution is -2.11. The van der Waals surface area contributed by atoms with Gasteiger partial charge in [-0.15, -0.1) is 0 Å².